The van der Waals surface area contributed by atoms with Crippen molar-refractivity contribution in [2.24, 2.45) is 0 Å². The van der Waals surface area contributed by atoms with Crippen molar-refractivity contribution in [2.45, 2.75) is 26.5 Å². The Balaban J connectivity index is 1.88. The molecule has 3 nitrogen and oxygen atoms in total. The molecule has 0 aliphatic heterocycles. The van der Waals surface area contributed by atoms with E-state index < -0.39 is 0 Å². The van der Waals surface area contributed by atoms with E-state index in [0.29, 0.717) is 6.61 Å². The van der Waals surface area contributed by atoms with Crippen LogP contribution in [0.3, 0.4) is 0 Å². The molecular weight excluding hydrogens is 262 g/mol. The smallest absolute Gasteiger partial charge is 0.120 e. The molecule has 0 spiro atoms. The molecule has 0 atom stereocenters. The Morgan fingerprint density at radius 3 is 2.48 bits per heavy atom. The average Bonchev–Trinajstić information content (AvgIpc) is 2.54. The standard InChI is InChI=1S/C18H23NO2/c1-3-11-19-13-16-5-4-6-18(12-16)21-14-15-7-9-17(20-2)10-8-15/h4-10,12,19H,3,11,13-14H2,1-2H3. The molecule has 0 aliphatic rings. The molecule has 0 amide bonds. The van der Waals surface area contributed by atoms with Gasteiger partial charge in [0.15, 0.2) is 0 Å². The first-order chi connectivity index (χ1) is 10.3. The van der Waals surface area contributed by atoms with E-state index in [0.717, 1.165) is 36.6 Å². The van der Waals surface area contributed by atoms with E-state index >= 15 is 0 Å². The van der Waals surface area contributed by atoms with Crippen LogP contribution in [-0.4, -0.2) is 13.7 Å². The Bertz CT molecular complexity index is 537. The van der Waals surface area contributed by atoms with Crippen molar-refractivity contribution in [3.63, 3.8) is 0 Å². The fourth-order valence-corrected chi connectivity index (χ4v) is 2.04. The molecule has 0 bridgehead atoms. The van der Waals surface area contributed by atoms with Crippen LogP contribution >= 0.6 is 0 Å². The topological polar surface area (TPSA) is 30.5 Å². The molecule has 0 heterocycles. The maximum Gasteiger partial charge on any atom is 0.120 e. The van der Waals surface area contributed by atoms with Gasteiger partial charge in [-0.3, -0.25) is 0 Å². The number of hydrogen-bond acceptors (Lipinski definition) is 3. The number of methoxy groups -OCH3 is 1. The van der Waals surface area contributed by atoms with Gasteiger partial charge in [0.05, 0.1) is 7.11 Å². The first kappa shape index (κ1) is 15.4. The van der Waals surface area contributed by atoms with E-state index in [9.17, 15) is 0 Å². The molecule has 3 heteroatoms. The van der Waals surface area contributed by atoms with Crippen LogP contribution in [0.4, 0.5) is 0 Å². The van der Waals surface area contributed by atoms with Crippen LogP contribution in [-0.2, 0) is 13.2 Å². The third-order valence-electron chi connectivity index (χ3n) is 3.22. The summed E-state index contributed by atoms with van der Waals surface area (Å²) < 4.78 is 11.0. The largest absolute Gasteiger partial charge is 0.497 e. The van der Waals surface area contributed by atoms with E-state index in [2.05, 4.69) is 24.4 Å². The molecule has 0 fully saturated rings. The van der Waals surface area contributed by atoms with Gasteiger partial charge in [0.2, 0.25) is 0 Å². The molecule has 0 saturated heterocycles. The predicted octanol–water partition coefficient (Wildman–Crippen LogP) is 3.77. The van der Waals surface area contributed by atoms with Gasteiger partial charge in [-0.2, -0.15) is 0 Å². The Morgan fingerprint density at radius 1 is 0.952 bits per heavy atom. The summed E-state index contributed by atoms with van der Waals surface area (Å²) in [5.41, 5.74) is 2.38. The summed E-state index contributed by atoms with van der Waals surface area (Å²) in [5.74, 6) is 1.77. The lowest BCUT2D eigenvalue weighted by atomic mass is 10.2. The van der Waals surface area contributed by atoms with Gasteiger partial charge in [-0.15, -0.1) is 0 Å². The van der Waals surface area contributed by atoms with Gasteiger partial charge < -0.3 is 14.8 Å². The van der Waals surface area contributed by atoms with E-state index in [-0.39, 0.29) is 0 Å². The van der Waals surface area contributed by atoms with Crippen LogP contribution < -0.4 is 14.8 Å². The highest BCUT2D eigenvalue weighted by molar-refractivity contribution is 5.30. The molecule has 2 aromatic rings. The number of hydrogen-bond donors (Lipinski definition) is 1. The summed E-state index contributed by atoms with van der Waals surface area (Å²) in [6.45, 7) is 4.65. The second kappa shape index (κ2) is 8.32. The fraction of sp³-hybridized carbons (Fsp3) is 0.333. The number of benzene rings is 2. The summed E-state index contributed by atoms with van der Waals surface area (Å²) in [4.78, 5) is 0. The van der Waals surface area contributed by atoms with Crippen LogP contribution in [0.5, 0.6) is 11.5 Å². The molecule has 0 radical (unpaired) electrons. The zero-order valence-corrected chi connectivity index (χ0v) is 12.8. The minimum Gasteiger partial charge on any atom is -0.497 e. The predicted molar refractivity (Wildman–Crippen MR) is 85.8 cm³/mol. The van der Waals surface area contributed by atoms with Gasteiger partial charge in [-0.1, -0.05) is 31.2 Å². The van der Waals surface area contributed by atoms with Crippen molar-refractivity contribution in [3.05, 3.63) is 59.7 Å². The van der Waals surface area contributed by atoms with Crippen LogP contribution in [0, 0.1) is 0 Å². The fourth-order valence-electron chi connectivity index (χ4n) is 2.04. The van der Waals surface area contributed by atoms with Gasteiger partial charge in [-0.05, 0) is 48.4 Å². The molecule has 0 saturated carbocycles. The third-order valence-corrected chi connectivity index (χ3v) is 3.22. The second-order valence-electron chi connectivity index (χ2n) is 4.96. The Labute approximate surface area is 126 Å². The first-order valence-corrected chi connectivity index (χ1v) is 7.37. The Kier molecular flexibility index (Phi) is 6.10. The van der Waals surface area contributed by atoms with Crippen molar-refractivity contribution in [2.75, 3.05) is 13.7 Å². The highest BCUT2D eigenvalue weighted by atomic mass is 16.5. The van der Waals surface area contributed by atoms with Crippen LogP contribution in [0.15, 0.2) is 48.5 Å². The summed E-state index contributed by atoms with van der Waals surface area (Å²) in [5, 5.41) is 3.40. The zero-order chi connectivity index (χ0) is 14.9. The second-order valence-corrected chi connectivity index (χ2v) is 4.96. The zero-order valence-electron chi connectivity index (χ0n) is 12.8. The van der Waals surface area contributed by atoms with Gasteiger partial charge in [0.25, 0.3) is 0 Å². The van der Waals surface area contributed by atoms with Crippen molar-refractivity contribution in [3.8, 4) is 11.5 Å². The Morgan fingerprint density at radius 2 is 1.76 bits per heavy atom. The van der Waals surface area contributed by atoms with E-state index in [4.69, 9.17) is 9.47 Å². The highest BCUT2D eigenvalue weighted by Crippen LogP contribution is 2.17. The lowest BCUT2D eigenvalue weighted by Crippen LogP contribution is -2.13. The first-order valence-electron chi connectivity index (χ1n) is 7.37. The molecular formula is C18H23NO2. The lowest BCUT2D eigenvalue weighted by molar-refractivity contribution is 0.305. The maximum atomic E-state index is 5.84. The highest BCUT2D eigenvalue weighted by Gasteiger charge is 1.99. The molecule has 2 aromatic carbocycles. The molecule has 0 aliphatic carbocycles. The number of rotatable bonds is 8. The number of nitrogens with one attached hydrogen (secondary N) is 1. The quantitative estimate of drug-likeness (QED) is 0.749. The van der Waals surface area contributed by atoms with Crippen molar-refractivity contribution >= 4 is 0 Å². The Hall–Kier alpha value is -2.00. The van der Waals surface area contributed by atoms with Crippen LogP contribution in [0.2, 0.25) is 0 Å². The molecule has 0 unspecified atom stereocenters. The normalized spacial score (nSPS) is 10.4. The summed E-state index contributed by atoms with van der Waals surface area (Å²) in [6, 6.07) is 16.2. The van der Waals surface area contributed by atoms with Gasteiger partial charge in [0, 0.05) is 6.54 Å². The van der Waals surface area contributed by atoms with Crippen LogP contribution in [0.1, 0.15) is 24.5 Å². The lowest BCUT2D eigenvalue weighted by Gasteiger charge is -2.09. The van der Waals surface area contributed by atoms with E-state index in [1.165, 1.54) is 5.56 Å². The molecule has 112 valence electrons. The molecule has 0 aromatic heterocycles. The summed E-state index contributed by atoms with van der Waals surface area (Å²) in [6.07, 6.45) is 1.15. The minimum absolute atomic E-state index is 0.565. The van der Waals surface area contributed by atoms with Crippen LogP contribution in [0.25, 0.3) is 0 Å². The summed E-state index contributed by atoms with van der Waals surface area (Å²) >= 11 is 0. The maximum absolute atomic E-state index is 5.84. The minimum atomic E-state index is 0.565. The number of ether oxygens (including phenoxy) is 2. The summed E-state index contributed by atoms with van der Waals surface area (Å²) in [7, 11) is 1.67. The van der Waals surface area contributed by atoms with Crippen molar-refractivity contribution in [1.29, 1.82) is 0 Å². The average molecular weight is 285 g/mol. The van der Waals surface area contributed by atoms with E-state index in [1.807, 2.05) is 36.4 Å². The molecule has 1 N–H and O–H groups in total. The third kappa shape index (κ3) is 5.12. The van der Waals surface area contributed by atoms with Gasteiger partial charge in [0.1, 0.15) is 18.1 Å². The SMILES string of the molecule is CCCNCc1cccc(OCc2ccc(OC)cc2)c1. The molecule has 21 heavy (non-hydrogen) atoms. The van der Waals surface area contributed by atoms with Crippen molar-refractivity contribution in [1.82, 2.24) is 5.32 Å². The monoisotopic (exact) mass is 285 g/mol. The van der Waals surface area contributed by atoms with Gasteiger partial charge in [-0.25, -0.2) is 0 Å². The van der Waals surface area contributed by atoms with Crippen molar-refractivity contribution < 1.29 is 9.47 Å². The van der Waals surface area contributed by atoms with E-state index in [1.54, 1.807) is 7.11 Å². The van der Waals surface area contributed by atoms with Gasteiger partial charge >= 0.3 is 0 Å². The molecule has 2 rings (SSSR count).